The minimum Gasteiger partial charge on any atom is -0.494 e. The van der Waals surface area contributed by atoms with Crippen LogP contribution in [0.4, 0.5) is 0 Å². The molecule has 114 valence electrons. The average molecular weight is 299 g/mol. The van der Waals surface area contributed by atoms with E-state index in [0.717, 1.165) is 18.7 Å². The summed E-state index contributed by atoms with van der Waals surface area (Å²) < 4.78 is 27.6. The third kappa shape index (κ3) is 6.91. The number of nitrogens with one attached hydrogen (secondary N) is 1. The van der Waals surface area contributed by atoms with Crippen molar-refractivity contribution in [2.24, 2.45) is 0 Å². The highest BCUT2D eigenvalue weighted by Gasteiger charge is 2.06. The summed E-state index contributed by atoms with van der Waals surface area (Å²) in [7, 11) is -2.90. The molecule has 1 aromatic rings. The van der Waals surface area contributed by atoms with Crippen LogP contribution in [0.25, 0.3) is 0 Å². The standard InChI is InChI=1S/C15H25NO3S/c1-4-9-16-13(2)14-7-5-8-15(12-14)19-10-6-11-20(3,17)18/h5,7-8,12-13,16H,4,6,9-11H2,1-3H3. The Labute approximate surface area is 122 Å². The van der Waals surface area contributed by atoms with E-state index in [1.807, 2.05) is 18.2 Å². The van der Waals surface area contributed by atoms with Gasteiger partial charge in [-0.15, -0.1) is 0 Å². The molecule has 0 saturated heterocycles. The number of ether oxygens (including phenoxy) is 1. The first kappa shape index (κ1) is 17.0. The van der Waals surface area contributed by atoms with Crippen molar-refractivity contribution in [3.63, 3.8) is 0 Å². The molecule has 1 rings (SSSR count). The van der Waals surface area contributed by atoms with E-state index < -0.39 is 9.84 Å². The van der Waals surface area contributed by atoms with E-state index in [2.05, 4.69) is 25.2 Å². The summed E-state index contributed by atoms with van der Waals surface area (Å²) >= 11 is 0. The molecule has 4 nitrogen and oxygen atoms in total. The molecule has 0 aliphatic carbocycles. The van der Waals surface area contributed by atoms with Crippen LogP contribution < -0.4 is 10.1 Å². The first-order chi connectivity index (χ1) is 9.42. The van der Waals surface area contributed by atoms with Crippen molar-refractivity contribution in [3.8, 4) is 5.75 Å². The summed E-state index contributed by atoms with van der Waals surface area (Å²) in [5, 5.41) is 3.43. The number of hydrogen-bond donors (Lipinski definition) is 1. The maximum absolute atomic E-state index is 11.0. The van der Waals surface area contributed by atoms with E-state index >= 15 is 0 Å². The largest absolute Gasteiger partial charge is 0.494 e. The zero-order valence-corrected chi connectivity index (χ0v) is 13.4. The van der Waals surface area contributed by atoms with Crippen LogP contribution in [0.15, 0.2) is 24.3 Å². The Balaban J connectivity index is 2.47. The van der Waals surface area contributed by atoms with Gasteiger partial charge in [-0.05, 0) is 44.0 Å². The Morgan fingerprint density at radius 3 is 2.75 bits per heavy atom. The van der Waals surface area contributed by atoms with Gasteiger partial charge in [-0.2, -0.15) is 0 Å². The van der Waals surface area contributed by atoms with Crippen LogP contribution >= 0.6 is 0 Å². The van der Waals surface area contributed by atoms with Crippen molar-refractivity contribution >= 4 is 9.84 Å². The molecule has 0 aliphatic heterocycles. The Morgan fingerprint density at radius 1 is 1.35 bits per heavy atom. The summed E-state index contributed by atoms with van der Waals surface area (Å²) in [5.74, 6) is 0.961. The first-order valence-electron chi connectivity index (χ1n) is 7.06. The molecule has 1 unspecified atom stereocenters. The van der Waals surface area contributed by atoms with Crippen LogP contribution in [0.3, 0.4) is 0 Å². The molecule has 20 heavy (non-hydrogen) atoms. The lowest BCUT2D eigenvalue weighted by atomic mass is 10.1. The lowest BCUT2D eigenvalue weighted by molar-refractivity contribution is 0.317. The second kappa shape index (κ2) is 8.27. The molecule has 1 atom stereocenters. The lowest BCUT2D eigenvalue weighted by Gasteiger charge is -2.15. The van der Waals surface area contributed by atoms with Gasteiger partial charge in [0.15, 0.2) is 0 Å². The van der Waals surface area contributed by atoms with Gasteiger partial charge in [0, 0.05) is 12.3 Å². The number of hydrogen-bond acceptors (Lipinski definition) is 4. The predicted octanol–water partition coefficient (Wildman–Crippen LogP) is 2.56. The summed E-state index contributed by atoms with van der Waals surface area (Å²) in [6.07, 6.45) is 2.87. The molecular formula is C15H25NO3S. The molecule has 0 amide bonds. The molecule has 0 spiro atoms. The Kier molecular flexibility index (Phi) is 7.02. The first-order valence-corrected chi connectivity index (χ1v) is 9.12. The Bertz CT molecular complexity index is 500. The number of rotatable bonds is 9. The second-order valence-electron chi connectivity index (χ2n) is 5.08. The van der Waals surface area contributed by atoms with Crippen LogP contribution in [0.1, 0.15) is 38.3 Å². The van der Waals surface area contributed by atoms with Crippen LogP contribution in [0.2, 0.25) is 0 Å². The average Bonchev–Trinajstić information content (AvgIpc) is 2.40. The molecule has 0 radical (unpaired) electrons. The quantitative estimate of drug-likeness (QED) is 0.712. The van der Waals surface area contributed by atoms with Crippen LogP contribution in [0.5, 0.6) is 5.75 Å². The molecular weight excluding hydrogens is 274 g/mol. The fourth-order valence-corrected chi connectivity index (χ4v) is 2.51. The van der Waals surface area contributed by atoms with Gasteiger partial charge in [0.25, 0.3) is 0 Å². The summed E-state index contributed by atoms with van der Waals surface area (Å²) in [6.45, 7) is 5.67. The monoisotopic (exact) mass is 299 g/mol. The summed E-state index contributed by atoms with van der Waals surface area (Å²) in [4.78, 5) is 0. The van der Waals surface area contributed by atoms with E-state index in [1.165, 1.54) is 11.8 Å². The lowest BCUT2D eigenvalue weighted by Crippen LogP contribution is -2.19. The Morgan fingerprint density at radius 2 is 2.10 bits per heavy atom. The molecule has 0 fully saturated rings. The second-order valence-corrected chi connectivity index (χ2v) is 7.34. The molecule has 1 N–H and O–H groups in total. The van der Waals surface area contributed by atoms with Gasteiger partial charge in [0.2, 0.25) is 0 Å². The van der Waals surface area contributed by atoms with Crippen molar-refractivity contribution in [2.45, 2.75) is 32.7 Å². The number of benzene rings is 1. The molecule has 0 aliphatic rings. The molecule has 0 aromatic heterocycles. The van der Waals surface area contributed by atoms with Gasteiger partial charge in [-0.25, -0.2) is 8.42 Å². The fraction of sp³-hybridized carbons (Fsp3) is 0.600. The van der Waals surface area contributed by atoms with E-state index in [-0.39, 0.29) is 11.8 Å². The Hall–Kier alpha value is -1.07. The van der Waals surface area contributed by atoms with E-state index in [4.69, 9.17) is 4.74 Å². The van der Waals surface area contributed by atoms with Gasteiger partial charge < -0.3 is 10.1 Å². The number of sulfone groups is 1. The third-order valence-electron chi connectivity index (χ3n) is 2.99. The smallest absolute Gasteiger partial charge is 0.147 e. The minimum atomic E-state index is -2.90. The van der Waals surface area contributed by atoms with E-state index in [9.17, 15) is 8.42 Å². The highest BCUT2D eigenvalue weighted by molar-refractivity contribution is 7.90. The summed E-state index contributed by atoms with van der Waals surface area (Å²) in [6, 6.07) is 8.22. The van der Waals surface area contributed by atoms with Gasteiger partial charge >= 0.3 is 0 Å². The fourth-order valence-electron chi connectivity index (χ4n) is 1.86. The van der Waals surface area contributed by atoms with Crippen LogP contribution in [-0.4, -0.2) is 33.6 Å². The van der Waals surface area contributed by atoms with Crippen molar-refractivity contribution in [2.75, 3.05) is 25.2 Å². The maximum atomic E-state index is 11.0. The predicted molar refractivity (Wildman–Crippen MR) is 83.0 cm³/mol. The van der Waals surface area contributed by atoms with Gasteiger partial charge in [-0.1, -0.05) is 19.1 Å². The molecule has 1 aromatic carbocycles. The van der Waals surface area contributed by atoms with Crippen molar-refractivity contribution in [1.82, 2.24) is 5.32 Å². The molecule has 0 saturated carbocycles. The topological polar surface area (TPSA) is 55.4 Å². The van der Waals surface area contributed by atoms with Crippen molar-refractivity contribution in [1.29, 1.82) is 0 Å². The minimum absolute atomic E-state index is 0.168. The third-order valence-corrected chi connectivity index (χ3v) is 4.02. The highest BCUT2D eigenvalue weighted by atomic mass is 32.2. The highest BCUT2D eigenvalue weighted by Crippen LogP contribution is 2.19. The van der Waals surface area contributed by atoms with Crippen molar-refractivity contribution in [3.05, 3.63) is 29.8 Å². The molecule has 5 heteroatoms. The maximum Gasteiger partial charge on any atom is 0.147 e. The summed E-state index contributed by atoms with van der Waals surface area (Å²) in [5.41, 5.74) is 1.18. The van der Waals surface area contributed by atoms with E-state index in [1.54, 1.807) is 0 Å². The van der Waals surface area contributed by atoms with E-state index in [0.29, 0.717) is 13.0 Å². The SMILES string of the molecule is CCCNC(C)c1cccc(OCCCS(C)(=O)=O)c1. The van der Waals surface area contributed by atoms with Crippen molar-refractivity contribution < 1.29 is 13.2 Å². The molecule has 0 bridgehead atoms. The van der Waals surface area contributed by atoms with Gasteiger partial charge in [-0.3, -0.25) is 0 Å². The van der Waals surface area contributed by atoms with Crippen LogP contribution in [0, 0.1) is 0 Å². The molecule has 0 heterocycles. The zero-order valence-electron chi connectivity index (χ0n) is 12.6. The van der Waals surface area contributed by atoms with Crippen LogP contribution in [-0.2, 0) is 9.84 Å². The van der Waals surface area contributed by atoms with Gasteiger partial charge in [0.05, 0.1) is 12.4 Å². The zero-order chi connectivity index (χ0) is 15.0. The van der Waals surface area contributed by atoms with Gasteiger partial charge in [0.1, 0.15) is 15.6 Å². The normalized spacial score (nSPS) is 13.2.